The number of hydrogen-bond acceptors (Lipinski definition) is 10. The van der Waals surface area contributed by atoms with Gasteiger partial charge in [0.05, 0.1) is 18.9 Å². The van der Waals surface area contributed by atoms with Crippen molar-refractivity contribution in [1.29, 1.82) is 0 Å². The number of aldehydes is 1. The van der Waals surface area contributed by atoms with Crippen LogP contribution in [0.5, 0.6) is 0 Å². The van der Waals surface area contributed by atoms with Crippen molar-refractivity contribution in [2.45, 2.75) is 276 Å². The van der Waals surface area contributed by atoms with Crippen molar-refractivity contribution in [3.8, 4) is 0 Å². The van der Waals surface area contributed by atoms with Gasteiger partial charge in [-0.15, -0.1) is 0 Å². The summed E-state index contributed by atoms with van der Waals surface area (Å²) in [5.74, 6) is -2.41. The molecule has 1 amide bonds. The Morgan fingerprint density at radius 2 is 0.984 bits per heavy atom. The average molecular weight is 924 g/mol. The van der Waals surface area contributed by atoms with E-state index in [9.17, 15) is 48.1 Å². The zero-order chi connectivity index (χ0) is 47.0. The first-order chi connectivity index (χ1) is 30.3. The van der Waals surface area contributed by atoms with Crippen LogP contribution in [0.25, 0.3) is 0 Å². The number of amides is 1. The zero-order valence-corrected chi connectivity index (χ0v) is 40.6. The van der Waals surface area contributed by atoms with Crippen molar-refractivity contribution in [2.75, 3.05) is 6.67 Å². The van der Waals surface area contributed by atoms with Crippen molar-refractivity contribution in [1.82, 2.24) is 5.32 Å². The van der Waals surface area contributed by atoms with Crippen molar-refractivity contribution in [3.05, 3.63) is 0 Å². The molecule has 0 aromatic rings. The molecule has 6 atom stereocenters. The minimum absolute atomic E-state index is 0.122. The maximum absolute atomic E-state index is 13.9. The highest BCUT2D eigenvalue weighted by Gasteiger charge is 2.43. The Hall–Kier alpha value is -1.96. The number of nitrogens with one attached hydrogen (secondary N) is 1. The van der Waals surface area contributed by atoms with Crippen LogP contribution >= 0.6 is 7.82 Å². The van der Waals surface area contributed by atoms with Crippen molar-refractivity contribution in [2.24, 2.45) is 0 Å². The lowest BCUT2D eigenvalue weighted by molar-refractivity contribution is -0.168. The first-order valence-corrected chi connectivity index (χ1v) is 26.6. The number of aliphatic hydroxyl groups excluding tert-OH is 2. The quantitative estimate of drug-likeness (QED) is 0.0167. The number of aliphatic hydroxyl groups is 2. The van der Waals surface area contributed by atoms with Gasteiger partial charge >= 0.3 is 19.8 Å². The minimum Gasteiger partial charge on any atom is -0.462 e. The number of ether oxygens (including phenoxy) is 2. The van der Waals surface area contributed by atoms with E-state index in [1.165, 1.54) is 96.3 Å². The summed E-state index contributed by atoms with van der Waals surface area (Å²) in [6, 6.07) is -1.86. The molecule has 0 bridgehead atoms. The molecule has 0 saturated carbocycles. The number of phosphoric ester groups is 1. The number of phosphoric acid groups is 1. The molecule has 0 heterocycles. The molecule has 0 saturated heterocycles. The van der Waals surface area contributed by atoms with Gasteiger partial charge < -0.3 is 39.6 Å². The SMILES string of the molecule is CCCCCCCCCCCCCC(=O)OC(CCCCCCCCCCC)CC(=O)OC(C(C=O)NC(=O)CC(O)CCCCCCCCCCC)C(OP(=O)(O)O)C(O)CF. The Morgan fingerprint density at radius 3 is 1.40 bits per heavy atom. The van der Waals surface area contributed by atoms with E-state index in [1.807, 2.05) is 0 Å². The fraction of sp³-hybridized carbons (Fsp3) is 0.917. The van der Waals surface area contributed by atoms with Crippen LogP contribution in [-0.4, -0.2) is 87.4 Å². The maximum Gasteiger partial charge on any atom is 0.470 e. The van der Waals surface area contributed by atoms with Crippen LogP contribution in [0.15, 0.2) is 0 Å². The lowest BCUT2D eigenvalue weighted by atomic mass is 10.0. The van der Waals surface area contributed by atoms with Crippen LogP contribution < -0.4 is 5.32 Å². The highest BCUT2D eigenvalue weighted by atomic mass is 31.2. The Morgan fingerprint density at radius 1 is 0.571 bits per heavy atom. The first-order valence-electron chi connectivity index (χ1n) is 25.1. The predicted molar refractivity (Wildman–Crippen MR) is 247 cm³/mol. The van der Waals surface area contributed by atoms with Crippen LogP contribution in [0.4, 0.5) is 4.39 Å². The van der Waals surface area contributed by atoms with E-state index >= 15 is 0 Å². The molecular weight excluding hydrogens is 832 g/mol. The lowest BCUT2D eigenvalue weighted by Crippen LogP contribution is -2.56. The van der Waals surface area contributed by atoms with E-state index in [4.69, 9.17) is 9.47 Å². The summed E-state index contributed by atoms with van der Waals surface area (Å²) in [7, 11) is -5.48. The highest BCUT2D eigenvalue weighted by Crippen LogP contribution is 2.40. The standard InChI is InChI=1S/C48H91FNO12P/c1-4-7-10-13-16-19-20-23-26-29-32-35-45(55)60-41(34-31-28-25-22-18-15-12-9-6-3)37-46(56)61-47(48(43(53)38-49)62-63(57,58)59)42(39-51)50-44(54)36-40(52)33-30-27-24-21-17-14-11-8-5-2/h39-43,47-48,52-53H,4-38H2,1-3H3,(H,50,54)(H2,57,58,59). The van der Waals surface area contributed by atoms with Crippen molar-refractivity contribution >= 4 is 32.0 Å². The number of unbranched alkanes of at least 4 members (excludes halogenated alkanes) is 26. The monoisotopic (exact) mass is 924 g/mol. The molecule has 0 fully saturated rings. The van der Waals surface area contributed by atoms with Gasteiger partial charge in [-0.3, -0.25) is 18.9 Å². The van der Waals surface area contributed by atoms with Gasteiger partial charge in [-0.05, 0) is 25.7 Å². The second kappa shape index (κ2) is 41.5. The molecule has 0 aromatic carbocycles. The molecule has 0 aliphatic carbocycles. The first kappa shape index (κ1) is 61.0. The number of esters is 2. The Kier molecular flexibility index (Phi) is 40.2. The number of hydrogen-bond donors (Lipinski definition) is 5. The zero-order valence-electron chi connectivity index (χ0n) is 39.7. The van der Waals surface area contributed by atoms with Gasteiger partial charge in [-0.2, -0.15) is 0 Å². The van der Waals surface area contributed by atoms with Gasteiger partial charge in [0.25, 0.3) is 0 Å². The van der Waals surface area contributed by atoms with Crippen LogP contribution in [0.1, 0.15) is 239 Å². The molecule has 0 aliphatic rings. The van der Waals surface area contributed by atoms with Crippen molar-refractivity contribution in [3.63, 3.8) is 0 Å². The number of carbonyl (C=O) groups excluding carboxylic acids is 4. The average Bonchev–Trinajstić information content (AvgIpc) is 3.24. The third-order valence-corrected chi connectivity index (χ3v) is 12.1. The van der Waals surface area contributed by atoms with Gasteiger partial charge in [-0.25, -0.2) is 8.96 Å². The fourth-order valence-corrected chi connectivity index (χ4v) is 8.41. The van der Waals surface area contributed by atoms with Gasteiger partial charge in [0.1, 0.15) is 37.3 Å². The van der Waals surface area contributed by atoms with Crippen LogP contribution in [0, 0.1) is 0 Å². The molecule has 0 radical (unpaired) electrons. The minimum atomic E-state index is -5.48. The maximum atomic E-state index is 13.9. The summed E-state index contributed by atoms with van der Waals surface area (Å²) >= 11 is 0. The summed E-state index contributed by atoms with van der Waals surface area (Å²) in [5, 5.41) is 23.3. The highest BCUT2D eigenvalue weighted by molar-refractivity contribution is 7.46. The number of alkyl halides is 1. The topological polar surface area (TPSA) is 206 Å². The van der Waals surface area contributed by atoms with E-state index in [0.717, 1.165) is 70.6 Å². The molecule has 6 unspecified atom stereocenters. The Bertz CT molecular complexity index is 1180. The molecule has 0 aliphatic heterocycles. The second-order valence-corrected chi connectivity index (χ2v) is 18.9. The smallest absolute Gasteiger partial charge is 0.462 e. The lowest BCUT2D eigenvalue weighted by Gasteiger charge is -2.33. The van der Waals surface area contributed by atoms with Gasteiger partial charge in [-0.1, -0.05) is 194 Å². The Labute approximate surface area is 380 Å². The van der Waals surface area contributed by atoms with E-state index in [2.05, 4.69) is 30.6 Å². The van der Waals surface area contributed by atoms with Gasteiger partial charge in [0, 0.05) is 6.42 Å². The van der Waals surface area contributed by atoms with E-state index in [-0.39, 0.29) is 12.7 Å². The van der Waals surface area contributed by atoms with E-state index in [1.54, 1.807) is 0 Å². The normalized spacial score (nSPS) is 14.7. The third kappa shape index (κ3) is 36.9. The molecule has 372 valence electrons. The summed E-state index contributed by atoms with van der Waals surface area (Å²) < 4.78 is 41.8. The summed E-state index contributed by atoms with van der Waals surface area (Å²) in [6.07, 6.45) is 22.6. The number of rotatable bonds is 46. The molecule has 0 aromatic heterocycles. The molecule has 13 nitrogen and oxygen atoms in total. The molecule has 15 heteroatoms. The van der Waals surface area contributed by atoms with E-state index < -0.39 is 81.7 Å². The van der Waals surface area contributed by atoms with E-state index in [0.29, 0.717) is 32.1 Å². The summed E-state index contributed by atoms with van der Waals surface area (Å²) in [6.45, 7) is 4.94. The molecule has 63 heavy (non-hydrogen) atoms. The summed E-state index contributed by atoms with van der Waals surface area (Å²) in [4.78, 5) is 71.4. The largest absolute Gasteiger partial charge is 0.470 e. The Balaban J connectivity index is 5.67. The number of carbonyl (C=O) groups is 4. The molecule has 0 spiro atoms. The second-order valence-electron chi connectivity index (χ2n) is 17.7. The third-order valence-electron chi connectivity index (χ3n) is 11.6. The fourth-order valence-electron chi connectivity index (χ4n) is 7.83. The van der Waals surface area contributed by atoms with Crippen LogP contribution in [-0.2, 0) is 37.7 Å². The summed E-state index contributed by atoms with van der Waals surface area (Å²) in [5.41, 5.74) is 0. The van der Waals surface area contributed by atoms with Crippen LogP contribution in [0.3, 0.4) is 0 Å². The van der Waals surface area contributed by atoms with Gasteiger partial charge in [0.15, 0.2) is 6.10 Å². The van der Waals surface area contributed by atoms with Crippen LogP contribution in [0.2, 0.25) is 0 Å². The molecular formula is C48H91FNO12P. The van der Waals surface area contributed by atoms with Gasteiger partial charge in [0.2, 0.25) is 5.91 Å². The molecule has 0 rings (SSSR count). The predicted octanol–water partition coefficient (Wildman–Crippen LogP) is 11.0. The number of halogens is 1. The molecule has 5 N–H and O–H groups in total. The van der Waals surface area contributed by atoms with Crippen molar-refractivity contribution < 1.29 is 62.1 Å².